The second-order valence-electron chi connectivity index (χ2n) is 10.7. The highest BCUT2D eigenvalue weighted by atomic mass is 35.5. The number of rotatable bonds is 6. The summed E-state index contributed by atoms with van der Waals surface area (Å²) in [5, 5.41) is 4.76. The summed E-state index contributed by atoms with van der Waals surface area (Å²) in [7, 11) is 0. The Balaban J connectivity index is 1.46. The van der Waals surface area contributed by atoms with Crippen molar-refractivity contribution in [1.82, 2.24) is 0 Å². The fraction of sp³-hybridized carbons (Fsp3) is 0. The van der Waals surface area contributed by atoms with E-state index in [1.54, 1.807) is 0 Å². The summed E-state index contributed by atoms with van der Waals surface area (Å²) in [5.41, 5.74) is 7.10. The van der Waals surface area contributed by atoms with E-state index in [4.69, 9.17) is 43.2 Å². The Morgan fingerprint density at radius 3 is 1.22 bits per heavy atom. The van der Waals surface area contributed by atoms with Crippen LogP contribution in [0.4, 0.5) is 11.4 Å². The zero-order chi connectivity index (χ0) is 31.3. The molecule has 0 saturated heterocycles. The monoisotopic (exact) mass is 632 g/mol. The Kier molecular flexibility index (Phi) is 8.46. The van der Waals surface area contributed by atoms with Crippen LogP contribution in [-0.4, -0.2) is 12.4 Å². The first-order valence-electron chi connectivity index (χ1n) is 14.8. The first-order chi connectivity index (χ1) is 22.6. The molecule has 1 heterocycles. The van der Waals surface area contributed by atoms with E-state index < -0.39 is 0 Å². The summed E-state index contributed by atoms with van der Waals surface area (Å²) in [6.07, 6.45) is 3.67. The lowest BCUT2D eigenvalue weighted by atomic mass is 10.1. The van der Waals surface area contributed by atoms with Crippen molar-refractivity contribution in [3.8, 4) is 0 Å². The molecule has 0 atom stereocenters. The van der Waals surface area contributed by atoms with Crippen LogP contribution in [0.25, 0.3) is 11.4 Å². The Bertz CT molecular complexity index is 2180. The number of fused-ring (bicyclic) bond motifs is 2. The summed E-state index contributed by atoms with van der Waals surface area (Å²) in [6.45, 7) is 0. The normalized spacial score (nSPS) is 16.5. The zero-order valence-corrected chi connectivity index (χ0v) is 26.1. The van der Waals surface area contributed by atoms with E-state index in [1.807, 2.05) is 122 Å². The second kappa shape index (κ2) is 13.3. The van der Waals surface area contributed by atoms with Crippen molar-refractivity contribution in [2.45, 2.75) is 0 Å². The van der Waals surface area contributed by atoms with Crippen LogP contribution >= 0.6 is 23.2 Å². The number of hydrogen-bond donors (Lipinski definition) is 0. The highest BCUT2D eigenvalue weighted by Gasteiger charge is 2.11. The molecule has 0 unspecified atom stereocenters. The van der Waals surface area contributed by atoms with Gasteiger partial charge in [0, 0.05) is 44.0 Å². The third-order valence-corrected chi connectivity index (χ3v) is 8.00. The Morgan fingerprint density at radius 2 is 0.826 bits per heavy atom. The van der Waals surface area contributed by atoms with Crippen molar-refractivity contribution in [3.63, 3.8) is 0 Å². The molecule has 0 aromatic heterocycles. The lowest BCUT2D eigenvalue weighted by Gasteiger charge is -2.10. The third kappa shape index (κ3) is 6.64. The van der Waals surface area contributed by atoms with E-state index >= 15 is 0 Å². The largest absolute Gasteiger partial charge is 0.256 e. The van der Waals surface area contributed by atoms with Crippen LogP contribution in [0.15, 0.2) is 166 Å². The van der Waals surface area contributed by atoms with Crippen molar-refractivity contribution >= 4 is 58.4 Å². The molecule has 46 heavy (non-hydrogen) atoms. The lowest BCUT2D eigenvalue weighted by Crippen LogP contribution is -2.34. The molecule has 6 heteroatoms. The van der Waals surface area contributed by atoms with Crippen LogP contribution in [0.2, 0.25) is 10.0 Å². The summed E-state index contributed by atoms with van der Waals surface area (Å²) in [5.74, 6) is 0. The van der Waals surface area contributed by atoms with Crippen LogP contribution < -0.4 is 21.2 Å². The molecule has 0 saturated carbocycles. The number of halogens is 2. The molecule has 4 nitrogen and oxygen atoms in total. The van der Waals surface area contributed by atoms with Gasteiger partial charge in [-0.1, -0.05) is 108 Å². The molecule has 0 spiro atoms. The second-order valence-corrected chi connectivity index (χ2v) is 11.5. The molecule has 1 aliphatic heterocycles. The van der Waals surface area contributed by atoms with Crippen LogP contribution in [0.1, 0.15) is 22.3 Å². The van der Waals surface area contributed by atoms with Crippen LogP contribution in [0.3, 0.4) is 0 Å². The van der Waals surface area contributed by atoms with Gasteiger partial charge in [0.2, 0.25) is 0 Å². The van der Waals surface area contributed by atoms with Gasteiger partial charge in [-0.3, -0.25) is 9.98 Å². The standard InChI is InChI=1S/C40H26Cl2N4/c41-31-15-11-27(12-16-31)25-43-33-19-21-37-35(23-33)39(29-7-3-1-4-8-29)45-38-22-20-34(44-26-28-13-17-32(42)18-14-28)24-36(38)40(46-37)30-9-5-2-6-10-30/h1-26H/b39-35-,40-36-,43-25?,44-26?,45-38+,45-39?,46-37+,46-40?. The minimum atomic E-state index is 0.690. The van der Waals surface area contributed by atoms with Gasteiger partial charge in [-0.25, -0.2) is 9.98 Å². The molecular formula is C40H26Cl2N4. The maximum atomic E-state index is 6.08. The SMILES string of the molecule is Clc1ccc(C=Nc2ccc3/c(c2)=C(c2ccccc2)\N=c2/ccc(N=Cc4ccc(Cl)cc4)c/c2=C(c2ccccc2)/N=3)cc1. The highest BCUT2D eigenvalue weighted by Crippen LogP contribution is 2.18. The maximum absolute atomic E-state index is 6.08. The molecular weight excluding hydrogens is 607 g/mol. The van der Waals surface area contributed by atoms with Gasteiger partial charge in [0.15, 0.2) is 0 Å². The van der Waals surface area contributed by atoms with E-state index in [1.165, 1.54) is 0 Å². The summed E-state index contributed by atoms with van der Waals surface area (Å²) < 4.78 is 0. The average molecular weight is 634 g/mol. The predicted octanol–water partition coefficient (Wildman–Crippen LogP) is 7.76. The van der Waals surface area contributed by atoms with Gasteiger partial charge in [-0.15, -0.1) is 0 Å². The lowest BCUT2D eigenvalue weighted by molar-refractivity contribution is 1.20. The number of hydrogen-bond acceptors (Lipinski definition) is 4. The van der Waals surface area contributed by atoms with Gasteiger partial charge in [-0.05, 0) is 71.8 Å². The summed E-state index contributed by atoms with van der Waals surface area (Å²) >= 11 is 12.2. The maximum Gasteiger partial charge on any atom is 0.0804 e. The van der Waals surface area contributed by atoms with Gasteiger partial charge in [-0.2, -0.15) is 0 Å². The van der Waals surface area contributed by atoms with Gasteiger partial charge < -0.3 is 0 Å². The Morgan fingerprint density at radius 1 is 0.435 bits per heavy atom. The first-order valence-corrected chi connectivity index (χ1v) is 15.5. The summed E-state index contributed by atoms with van der Waals surface area (Å²) in [4.78, 5) is 20.2. The van der Waals surface area contributed by atoms with E-state index in [9.17, 15) is 0 Å². The molecule has 0 aliphatic carbocycles. The van der Waals surface area contributed by atoms with E-state index in [-0.39, 0.29) is 0 Å². The van der Waals surface area contributed by atoms with E-state index in [0.717, 1.165) is 66.2 Å². The van der Waals surface area contributed by atoms with Gasteiger partial charge >= 0.3 is 0 Å². The number of aliphatic imine (C=N–C) groups is 2. The van der Waals surface area contributed by atoms with Crippen LogP contribution in [0.5, 0.6) is 0 Å². The van der Waals surface area contributed by atoms with Crippen molar-refractivity contribution in [1.29, 1.82) is 0 Å². The summed E-state index contributed by atoms with van der Waals surface area (Å²) in [6, 6.07) is 47.7. The van der Waals surface area contributed by atoms with Crippen LogP contribution in [0, 0.1) is 0 Å². The van der Waals surface area contributed by atoms with Crippen molar-refractivity contribution in [2.24, 2.45) is 20.0 Å². The molecule has 0 amide bonds. The van der Waals surface area contributed by atoms with E-state index in [2.05, 4.69) is 36.4 Å². The fourth-order valence-corrected chi connectivity index (χ4v) is 5.42. The van der Waals surface area contributed by atoms with Gasteiger partial charge in [0.25, 0.3) is 0 Å². The van der Waals surface area contributed by atoms with Crippen molar-refractivity contribution in [2.75, 3.05) is 0 Å². The molecule has 220 valence electrons. The molecule has 0 N–H and O–H groups in total. The fourth-order valence-electron chi connectivity index (χ4n) is 5.17. The number of nitrogens with zero attached hydrogens (tertiary/aromatic N) is 4. The minimum Gasteiger partial charge on any atom is -0.256 e. The third-order valence-electron chi connectivity index (χ3n) is 7.49. The quantitative estimate of drug-likeness (QED) is 0.169. The molecule has 1 aliphatic rings. The minimum absolute atomic E-state index is 0.690. The van der Waals surface area contributed by atoms with Crippen molar-refractivity contribution < 1.29 is 0 Å². The molecule has 6 aromatic rings. The van der Waals surface area contributed by atoms with Gasteiger partial charge in [0.1, 0.15) is 0 Å². The first kappa shape index (κ1) is 29.3. The van der Waals surface area contributed by atoms with Gasteiger partial charge in [0.05, 0.1) is 33.5 Å². The Hall–Kier alpha value is -5.42. The predicted molar refractivity (Wildman–Crippen MR) is 190 cm³/mol. The molecule has 0 fully saturated rings. The molecule has 6 aromatic carbocycles. The molecule has 0 radical (unpaired) electrons. The van der Waals surface area contributed by atoms with E-state index in [0.29, 0.717) is 10.0 Å². The van der Waals surface area contributed by atoms with Crippen LogP contribution in [-0.2, 0) is 0 Å². The highest BCUT2D eigenvalue weighted by molar-refractivity contribution is 6.30. The van der Waals surface area contributed by atoms with Crippen molar-refractivity contribution in [3.05, 3.63) is 199 Å². The molecule has 7 rings (SSSR count). The topological polar surface area (TPSA) is 49.4 Å². The average Bonchev–Trinajstić information content (AvgIpc) is 3.10. The number of benzene rings is 6. The molecule has 0 bridgehead atoms. The smallest absolute Gasteiger partial charge is 0.0804 e. The Labute approximate surface area is 276 Å². The zero-order valence-electron chi connectivity index (χ0n) is 24.6.